The van der Waals surface area contributed by atoms with Gasteiger partial charge in [-0.15, -0.1) is 0 Å². The van der Waals surface area contributed by atoms with Crippen LogP contribution in [0, 0.1) is 17.0 Å². The number of hydrogen-bond acceptors (Lipinski definition) is 6. The van der Waals surface area contributed by atoms with Gasteiger partial charge >= 0.3 is 0 Å². The van der Waals surface area contributed by atoms with E-state index >= 15 is 0 Å². The number of benzene rings is 2. The number of phenolic OH excluding ortho intramolecular Hbond substituents is 1. The molecule has 0 unspecified atom stereocenters. The van der Waals surface area contributed by atoms with Crippen LogP contribution in [0.1, 0.15) is 16.7 Å². The summed E-state index contributed by atoms with van der Waals surface area (Å²) in [6.45, 7) is 9.33. The van der Waals surface area contributed by atoms with Gasteiger partial charge in [0, 0.05) is 32.4 Å². The predicted molar refractivity (Wildman–Crippen MR) is 121 cm³/mol. The van der Waals surface area contributed by atoms with E-state index in [4.69, 9.17) is 14.2 Å². The number of aromatic hydroxyl groups is 1. The number of ether oxygens (including phenoxy) is 3. The molecular weight excluding hydrogens is 402 g/mol. The molecule has 0 saturated carbocycles. The molecule has 0 spiro atoms. The molecular formula is C22H29NO6Si. The Morgan fingerprint density at radius 2 is 1.87 bits per heavy atom. The van der Waals surface area contributed by atoms with E-state index in [0.29, 0.717) is 29.2 Å². The molecule has 2 aromatic rings. The maximum Gasteiger partial charge on any atom is 0.270 e. The summed E-state index contributed by atoms with van der Waals surface area (Å²) < 4.78 is 16.6. The van der Waals surface area contributed by atoms with Gasteiger partial charge in [-0.3, -0.25) is 10.1 Å². The molecule has 0 fully saturated rings. The van der Waals surface area contributed by atoms with Crippen molar-refractivity contribution < 1.29 is 24.2 Å². The van der Waals surface area contributed by atoms with Gasteiger partial charge in [0.15, 0.2) is 18.3 Å². The maximum atomic E-state index is 11.0. The van der Waals surface area contributed by atoms with Crippen LogP contribution in [0.4, 0.5) is 5.69 Å². The van der Waals surface area contributed by atoms with E-state index in [1.807, 2.05) is 6.07 Å². The van der Waals surface area contributed by atoms with Gasteiger partial charge in [0.25, 0.3) is 5.69 Å². The molecule has 162 valence electrons. The molecule has 0 atom stereocenters. The summed E-state index contributed by atoms with van der Waals surface area (Å²) in [6, 6.07) is 9.14. The van der Waals surface area contributed by atoms with Crippen molar-refractivity contribution in [1.82, 2.24) is 0 Å². The fraction of sp³-hybridized carbons (Fsp3) is 0.364. The van der Waals surface area contributed by atoms with Crippen molar-refractivity contribution in [2.75, 3.05) is 20.5 Å². The Kier molecular flexibility index (Phi) is 8.02. The zero-order chi connectivity index (χ0) is 22.3. The Labute approximate surface area is 178 Å². The van der Waals surface area contributed by atoms with Gasteiger partial charge in [0.05, 0.1) is 12.0 Å². The highest BCUT2D eigenvalue weighted by Crippen LogP contribution is 2.31. The van der Waals surface area contributed by atoms with Gasteiger partial charge in [-0.25, -0.2) is 0 Å². The second-order valence-electron chi connectivity index (χ2n) is 8.18. The third-order valence-corrected chi connectivity index (χ3v) is 6.17. The van der Waals surface area contributed by atoms with Gasteiger partial charge in [-0.2, -0.15) is 0 Å². The number of aryl methyl sites for hydroxylation is 1. The zero-order valence-electron chi connectivity index (χ0n) is 18.1. The van der Waals surface area contributed by atoms with Crippen molar-refractivity contribution in [2.45, 2.75) is 32.6 Å². The van der Waals surface area contributed by atoms with E-state index in [1.54, 1.807) is 38.3 Å². The highest BCUT2D eigenvalue weighted by Gasteiger charge is 2.13. The number of nitrogens with zero attached hydrogens (tertiary/aromatic N) is 1. The van der Waals surface area contributed by atoms with E-state index < -0.39 is 13.0 Å². The van der Waals surface area contributed by atoms with Crippen LogP contribution >= 0.6 is 0 Å². The first-order valence-corrected chi connectivity index (χ1v) is 13.4. The molecule has 8 heteroatoms. The number of nitro groups is 1. The number of nitro benzene ring substituents is 1. The van der Waals surface area contributed by atoms with Crippen LogP contribution in [0.2, 0.25) is 25.7 Å². The number of phenols is 1. The van der Waals surface area contributed by atoms with Gasteiger partial charge in [-0.05, 0) is 36.2 Å². The summed E-state index contributed by atoms with van der Waals surface area (Å²) in [4.78, 5) is 10.6. The lowest BCUT2D eigenvalue weighted by Gasteiger charge is -2.16. The van der Waals surface area contributed by atoms with Crippen molar-refractivity contribution in [3.05, 3.63) is 57.1 Å². The van der Waals surface area contributed by atoms with Crippen molar-refractivity contribution >= 4 is 25.9 Å². The number of non-ortho nitro benzene ring substituents is 1. The van der Waals surface area contributed by atoms with Crippen LogP contribution < -0.4 is 9.47 Å². The number of rotatable bonds is 10. The van der Waals surface area contributed by atoms with Crippen molar-refractivity contribution in [3.8, 4) is 17.2 Å². The smallest absolute Gasteiger partial charge is 0.270 e. The Balaban J connectivity index is 2.09. The van der Waals surface area contributed by atoms with Crippen molar-refractivity contribution in [2.24, 2.45) is 0 Å². The Hall–Kier alpha value is -2.84. The van der Waals surface area contributed by atoms with Crippen molar-refractivity contribution in [3.63, 3.8) is 0 Å². The first-order valence-electron chi connectivity index (χ1n) is 9.65. The van der Waals surface area contributed by atoms with Gasteiger partial charge in [-0.1, -0.05) is 37.9 Å². The number of hydrogen-bond donors (Lipinski definition) is 1. The van der Waals surface area contributed by atoms with Crippen LogP contribution in [-0.4, -0.2) is 38.6 Å². The van der Waals surface area contributed by atoms with Crippen LogP contribution in [0.3, 0.4) is 0 Å². The minimum atomic E-state index is -1.13. The van der Waals surface area contributed by atoms with Crippen molar-refractivity contribution in [1.29, 1.82) is 0 Å². The molecule has 0 bridgehead atoms. The monoisotopic (exact) mass is 431 g/mol. The summed E-state index contributed by atoms with van der Waals surface area (Å²) in [7, 11) is 0.418. The van der Waals surface area contributed by atoms with Crippen LogP contribution in [0.15, 0.2) is 30.3 Å². The van der Waals surface area contributed by atoms with E-state index in [0.717, 1.165) is 11.6 Å². The van der Waals surface area contributed by atoms with Crippen LogP contribution in [0.5, 0.6) is 17.2 Å². The Bertz CT molecular complexity index is 921. The van der Waals surface area contributed by atoms with Gasteiger partial charge in [0.1, 0.15) is 5.75 Å². The lowest BCUT2D eigenvalue weighted by molar-refractivity contribution is -0.384. The normalized spacial score (nSPS) is 11.6. The third-order valence-electron chi connectivity index (χ3n) is 4.46. The standard InChI is InChI=1S/C22H29NO6Si/c1-16-12-19(23(25)26)14-18(22(16)24)8-6-17-7-9-20(21(13-17)27-2)29-15-28-10-11-30(3,4)5/h6-9,12-14,24H,10-11,15H2,1-5H3/b8-6+. The summed E-state index contributed by atoms with van der Waals surface area (Å²) in [5.74, 6) is 1.13. The van der Waals surface area contributed by atoms with Crippen LogP contribution in [-0.2, 0) is 4.74 Å². The SMILES string of the molecule is COc1cc(/C=C/c2cc([N+](=O)[O-])cc(C)c2O)ccc1OCOCC[Si](C)(C)C. The average molecular weight is 432 g/mol. The quantitative estimate of drug-likeness (QED) is 0.134. The molecule has 0 radical (unpaired) electrons. The highest BCUT2D eigenvalue weighted by atomic mass is 28.3. The van der Waals surface area contributed by atoms with Gasteiger partial charge in [0.2, 0.25) is 0 Å². The van der Waals surface area contributed by atoms with E-state index in [9.17, 15) is 15.2 Å². The second-order valence-corrected chi connectivity index (χ2v) is 13.8. The van der Waals surface area contributed by atoms with E-state index in [1.165, 1.54) is 12.1 Å². The minimum absolute atomic E-state index is 0.0132. The fourth-order valence-corrected chi connectivity index (χ4v) is 3.41. The summed E-state index contributed by atoms with van der Waals surface area (Å²) in [5.41, 5.74) is 1.54. The molecule has 0 heterocycles. The molecule has 0 saturated heterocycles. The second kappa shape index (κ2) is 10.3. The van der Waals surface area contributed by atoms with E-state index in [-0.39, 0.29) is 18.2 Å². The highest BCUT2D eigenvalue weighted by molar-refractivity contribution is 6.76. The molecule has 2 rings (SSSR count). The number of methoxy groups -OCH3 is 1. The molecule has 0 aliphatic rings. The molecule has 0 aromatic heterocycles. The molecule has 0 aliphatic carbocycles. The summed E-state index contributed by atoms with van der Waals surface area (Å²) >= 11 is 0. The topological polar surface area (TPSA) is 91.1 Å². The molecule has 2 aromatic carbocycles. The largest absolute Gasteiger partial charge is 0.507 e. The molecule has 0 aliphatic heterocycles. The molecule has 0 amide bonds. The molecule has 30 heavy (non-hydrogen) atoms. The lowest BCUT2D eigenvalue weighted by atomic mass is 10.1. The lowest BCUT2D eigenvalue weighted by Crippen LogP contribution is -2.22. The minimum Gasteiger partial charge on any atom is -0.507 e. The maximum absolute atomic E-state index is 11.0. The van der Waals surface area contributed by atoms with Crippen LogP contribution in [0.25, 0.3) is 12.2 Å². The Morgan fingerprint density at radius 3 is 2.50 bits per heavy atom. The first kappa shape index (κ1) is 23.4. The van der Waals surface area contributed by atoms with Gasteiger partial charge < -0.3 is 19.3 Å². The van der Waals surface area contributed by atoms with E-state index in [2.05, 4.69) is 19.6 Å². The zero-order valence-corrected chi connectivity index (χ0v) is 19.1. The summed E-state index contributed by atoms with van der Waals surface area (Å²) in [6.07, 6.45) is 3.37. The Morgan fingerprint density at radius 1 is 1.13 bits per heavy atom. The first-order chi connectivity index (χ1) is 14.1. The third kappa shape index (κ3) is 6.89. The average Bonchev–Trinajstić information content (AvgIpc) is 2.68. The summed E-state index contributed by atoms with van der Waals surface area (Å²) in [5, 5.41) is 21.2. The predicted octanol–water partition coefficient (Wildman–Crippen LogP) is 5.48. The fourth-order valence-electron chi connectivity index (χ4n) is 2.66. The molecule has 7 nitrogen and oxygen atoms in total. The molecule has 1 N–H and O–H groups in total.